The van der Waals surface area contributed by atoms with Gasteiger partial charge in [0.25, 0.3) is 0 Å². The summed E-state index contributed by atoms with van der Waals surface area (Å²) in [6.45, 7) is 3.99. The van der Waals surface area contributed by atoms with E-state index in [-0.39, 0.29) is 11.5 Å². The van der Waals surface area contributed by atoms with Crippen LogP contribution in [0.4, 0.5) is 0 Å². The number of hydrogen-bond acceptors (Lipinski definition) is 2. The molecule has 0 amide bonds. The summed E-state index contributed by atoms with van der Waals surface area (Å²) in [6.07, 6.45) is 0. The fraction of sp³-hybridized carbons (Fsp3) is 0.364. The number of carboxylic acids is 1. The van der Waals surface area contributed by atoms with Crippen LogP contribution < -0.4 is 4.74 Å². The highest BCUT2D eigenvalue weighted by atomic mass is 79.9. The second kappa shape index (κ2) is 4.66. The van der Waals surface area contributed by atoms with E-state index in [4.69, 9.17) is 9.84 Å². The summed E-state index contributed by atoms with van der Waals surface area (Å²) in [5.41, 5.74) is 1.16. The van der Waals surface area contributed by atoms with Gasteiger partial charge in [-0.05, 0) is 39.5 Å². The topological polar surface area (TPSA) is 46.5 Å². The molecular formula is C11H13BrO3. The van der Waals surface area contributed by atoms with Crippen LogP contribution in [0.5, 0.6) is 5.75 Å². The number of carbonyl (C=O) groups is 1. The molecule has 1 N–H and O–H groups in total. The van der Waals surface area contributed by atoms with Gasteiger partial charge in [0.1, 0.15) is 5.75 Å². The molecule has 1 aromatic carbocycles. The van der Waals surface area contributed by atoms with Gasteiger partial charge in [0.2, 0.25) is 0 Å². The van der Waals surface area contributed by atoms with Gasteiger partial charge in [-0.15, -0.1) is 0 Å². The molecule has 1 aromatic rings. The lowest BCUT2D eigenvalue weighted by Gasteiger charge is -2.14. The number of aromatic carboxylic acids is 1. The monoisotopic (exact) mass is 272 g/mol. The van der Waals surface area contributed by atoms with Gasteiger partial charge >= 0.3 is 5.97 Å². The molecule has 15 heavy (non-hydrogen) atoms. The Kier molecular flexibility index (Phi) is 3.74. The van der Waals surface area contributed by atoms with Crippen LogP contribution in [0.15, 0.2) is 16.6 Å². The molecule has 0 saturated heterocycles. The standard InChI is InChI=1S/C11H13BrO3/c1-6(2)8-4-7(11(13)14)5-9(12)10(8)15-3/h4-6H,1-3H3,(H,13,14). The molecule has 0 aliphatic carbocycles. The smallest absolute Gasteiger partial charge is 0.335 e. The molecule has 0 aliphatic rings. The summed E-state index contributed by atoms with van der Waals surface area (Å²) in [5, 5.41) is 8.92. The predicted octanol–water partition coefficient (Wildman–Crippen LogP) is 3.28. The van der Waals surface area contributed by atoms with Gasteiger partial charge in [0.05, 0.1) is 17.1 Å². The summed E-state index contributed by atoms with van der Waals surface area (Å²) in [4.78, 5) is 10.9. The number of hydrogen-bond donors (Lipinski definition) is 1. The van der Waals surface area contributed by atoms with Crippen LogP contribution in [0.3, 0.4) is 0 Å². The molecule has 0 radical (unpaired) electrons. The van der Waals surface area contributed by atoms with E-state index in [1.807, 2.05) is 13.8 Å². The highest BCUT2D eigenvalue weighted by Gasteiger charge is 2.15. The van der Waals surface area contributed by atoms with Crippen LogP contribution in [-0.2, 0) is 0 Å². The Morgan fingerprint density at radius 1 is 1.47 bits per heavy atom. The number of halogens is 1. The van der Waals surface area contributed by atoms with E-state index in [0.717, 1.165) is 5.56 Å². The first-order chi connectivity index (χ1) is 6.97. The third-order valence-electron chi connectivity index (χ3n) is 2.15. The maximum absolute atomic E-state index is 10.9. The van der Waals surface area contributed by atoms with Crippen molar-refractivity contribution >= 4 is 21.9 Å². The molecule has 0 aliphatic heterocycles. The van der Waals surface area contributed by atoms with Crippen molar-refractivity contribution in [1.29, 1.82) is 0 Å². The first-order valence-corrected chi connectivity index (χ1v) is 5.37. The summed E-state index contributed by atoms with van der Waals surface area (Å²) >= 11 is 3.31. The van der Waals surface area contributed by atoms with Crippen LogP contribution >= 0.6 is 15.9 Å². The molecule has 0 aromatic heterocycles. The van der Waals surface area contributed by atoms with Crippen LogP contribution in [0.25, 0.3) is 0 Å². The van der Waals surface area contributed by atoms with E-state index in [0.29, 0.717) is 10.2 Å². The lowest BCUT2D eigenvalue weighted by molar-refractivity contribution is 0.0696. The van der Waals surface area contributed by atoms with E-state index >= 15 is 0 Å². The van der Waals surface area contributed by atoms with Crippen molar-refractivity contribution in [2.24, 2.45) is 0 Å². The van der Waals surface area contributed by atoms with Gasteiger partial charge in [0, 0.05) is 0 Å². The lowest BCUT2D eigenvalue weighted by Crippen LogP contribution is -2.02. The minimum Gasteiger partial charge on any atom is -0.495 e. The molecule has 0 unspecified atom stereocenters. The first kappa shape index (κ1) is 12.0. The molecular weight excluding hydrogens is 260 g/mol. The van der Waals surface area contributed by atoms with Gasteiger partial charge in [-0.1, -0.05) is 13.8 Å². The van der Waals surface area contributed by atoms with Gasteiger partial charge in [-0.3, -0.25) is 0 Å². The number of methoxy groups -OCH3 is 1. The zero-order chi connectivity index (χ0) is 11.6. The summed E-state index contributed by atoms with van der Waals surface area (Å²) in [5.74, 6) is -0.00852. The Labute approximate surface area is 97.2 Å². The van der Waals surface area contributed by atoms with Crippen LogP contribution in [0.2, 0.25) is 0 Å². The molecule has 82 valence electrons. The quantitative estimate of drug-likeness (QED) is 0.919. The molecule has 0 fully saturated rings. The van der Waals surface area contributed by atoms with E-state index in [2.05, 4.69) is 15.9 Å². The van der Waals surface area contributed by atoms with Crippen LogP contribution in [-0.4, -0.2) is 18.2 Å². The third kappa shape index (κ3) is 2.50. The average Bonchev–Trinajstić information content (AvgIpc) is 2.16. The lowest BCUT2D eigenvalue weighted by atomic mass is 9.99. The molecule has 1 rings (SSSR count). The van der Waals surface area contributed by atoms with Gasteiger partial charge < -0.3 is 9.84 Å². The largest absolute Gasteiger partial charge is 0.495 e. The molecule has 0 spiro atoms. The number of carboxylic acid groups (broad SMARTS) is 1. The van der Waals surface area contributed by atoms with Gasteiger partial charge in [0.15, 0.2) is 0 Å². The fourth-order valence-corrected chi connectivity index (χ4v) is 2.02. The zero-order valence-corrected chi connectivity index (χ0v) is 10.5. The van der Waals surface area contributed by atoms with E-state index in [1.54, 1.807) is 19.2 Å². The summed E-state index contributed by atoms with van der Waals surface area (Å²) in [7, 11) is 1.58. The van der Waals surface area contributed by atoms with Crippen molar-refractivity contribution in [3.8, 4) is 5.75 Å². The van der Waals surface area contributed by atoms with Gasteiger partial charge in [-0.25, -0.2) is 4.79 Å². The average molecular weight is 273 g/mol. The molecule has 0 heterocycles. The van der Waals surface area contributed by atoms with E-state index in [1.165, 1.54) is 0 Å². The first-order valence-electron chi connectivity index (χ1n) is 4.58. The van der Waals surface area contributed by atoms with Crippen molar-refractivity contribution in [1.82, 2.24) is 0 Å². The summed E-state index contributed by atoms with van der Waals surface area (Å²) in [6, 6.07) is 3.20. The maximum atomic E-state index is 10.9. The highest BCUT2D eigenvalue weighted by Crippen LogP contribution is 2.34. The number of ether oxygens (including phenoxy) is 1. The number of rotatable bonds is 3. The minimum atomic E-state index is -0.930. The second-order valence-corrected chi connectivity index (χ2v) is 4.39. The molecule has 0 atom stereocenters. The predicted molar refractivity (Wildman–Crippen MR) is 61.7 cm³/mol. The van der Waals surface area contributed by atoms with Crippen molar-refractivity contribution in [3.05, 3.63) is 27.7 Å². The SMILES string of the molecule is COc1c(Br)cc(C(=O)O)cc1C(C)C. The summed E-state index contributed by atoms with van der Waals surface area (Å²) < 4.78 is 5.91. The normalized spacial score (nSPS) is 10.5. The Morgan fingerprint density at radius 2 is 2.07 bits per heavy atom. The molecule has 0 bridgehead atoms. The van der Waals surface area contributed by atoms with E-state index in [9.17, 15) is 4.79 Å². The van der Waals surface area contributed by atoms with Crippen molar-refractivity contribution in [2.45, 2.75) is 19.8 Å². The Morgan fingerprint density at radius 3 is 2.47 bits per heavy atom. The second-order valence-electron chi connectivity index (χ2n) is 3.54. The fourth-order valence-electron chi connectivity index (χ4n) is 1.38. The van der Waals surface area contributed by atoms with Crippen LogP contribution in [0, 0.1) is 0 Å². The Hall–Kier alpha value is -1.03. The molecule has 3 nitrogen and oxygen atoms in total. The van der Waals surface area contributed by atoms with Crippen LogP contribution in [0.1, 0.15) is 35.7 Å². The Balaban J connectivity index is 3.38. The number of benzene rings is 1. The molecule has 0 saturated carbocycles. The highest BCUT2D eigenvalue weighted by molar-refractivity contribution is 9.10. The maximum Gasteiger partial charge on any atom is 0.335 e. The third-order valence-corrected chi connectivity index (χ3v) is 2.73. The van der Waals surface area contributed by atoms with Crippen molar-refractivity contribution in [3.63, 3.8) is 0 Å². The van der Waals surface area contributed by atoms with Crippen molar-refractivity contribution in [2.75, 3.05) is 7.11 Å². The Bertz CT molecular complexity index is 386. The van der Waals surface area contributed by atoms with Crippen molar-refractivity contribution < 1.29 is 14.6 Å². The molecule has 4 heteroatoms. The minimum absolute atomic E-state index is 0.218. The van der Waals surface area contributed by atoms with Gasteiger partial charge in [-0.2, -0.15) is 0 Å². The van der Waals surface area contributed by atoms with E-state index < -0.39 is 5.97 Å². The zero-order valence-electron chi connectivity index (χ0n) is 8.87.